The molecule has 0 aliphatic heterocycles. The van der Waals surface area contributed by atoms with Crippen LogP contribution in [-0.4, -0.2) is 0 Å². The van der Waals surface area contributed by atoms with Crippen molar-refractivity contribution < 1.29 is 0 Å². The van der Waals surface area contributed by atoms with Crippen molar-refractivity contribution in [3.63, 3.8) is 0 Å². The molecular weight excluding hydrogens is 180 g/mol. The predicted octanol–water partition coefficient (Wildman–Crippen LogP) is 5.28. The molecule has 0 heteroatoms. The van der Waals surface area contributed by atoms with E-state index in [1.54, 1.807) is 0 Å². The largest absolute Gasteiger partial charge is 0.0649 e. The van der Waals surface area contributed by atoms with Gasteiger partial charge in [-0.05, 0) is 55.3 Å². The Labute approximate surface area is 96.8 Å². The van der Waals surface area contributed by atoms with Crippen molar-refractivity contribution in [2.24, 2.45) is 23.2 Å². The minimum atomic E-state index is 0.683. The summed E-state index contributed by atoms with van der Waals surface area (Å²) in [5.74, 6) is 2.84. The summed E-state index contributed by atoms with van der Waals surface area (Å²) in [6.45, 7) is 12.0. The first-order chi connectivity index (χ1) is 6.95. The molecule has 0 bridgehead atoms. The number of rotatable bonds is 5. The van der Waals surface area contributed by atoms with E-state index in [2.05, 4.69) is 34.6 Å². The second-order valence-electron chi connectivity index (χ2n) is 6.74. The van der Waals surface area contributed by atoms with Gasteiger partial charge in [0, 0.05) is 0 Å². The summed E-state index contributed by atoms with van der Waals surface area (Å²) < 4.78 is 0. The Morgan fingerprint density at radius 1 is 1.27 bits per heavy atom. The average molecular weight is 210 g/mol. The molecule has 0 amide bonds. The van der Waals surface area contributed by atoms with Gasteiger partial charge in [0.1, 0.15) is 0 Å². The van der Waals surface area contributed by atoms with Gasteiger partial charge in [0.25, 0.3) is 0 Å². The highest BCUT2D eigenvalue weighted by atomic mass is 14.4. The fourth-order valence-electron chi connectivity index (χ4n) is 3.45. The molecule has 1 saturated carbocycles. The first-order valence-electron chi connectivity index (χ1n) is 6.95. The van der Waals surface area contributed by atoms with E-state index in [0.717, 1.165) is 17.8 Å². The van der Waals surface area contributed by atoms with Crippen LogP contribution in [0, 0.1) is 23.2 Å². The van der Waals surface area contributed by atoms with Crippen molar-refractivity contribution in [2.75, 3.05) is 0 Å². The molecule has 1 rings (SSSR count). The van der Waals surface area contributed by atoms with Crippen LogP contribution in [0.25, 0.3) is 0 Å². The van der Waals surface area contributed by atoms with E-state index in [9.17, 15) is 0 Å². The molecule has 0 aromatic rings. The van der Waals surface area contributed by atoms with Crippen LogP contribution in [-0.2, 0) is 0 Å². The second kappa shape index (κ2) is 5.37. The Morgan fingerprint density at radius 3 is 2.40 bits per heavy atom. The van der Waals surface area contributed by atoms with Crippen molar-refractivity contribution in [1.29, 1.82) is 0 Å². The Kier molecular flexibility index (Phi) is 4.67. The van der Waals surface area contributed by atoms with Crippen LogP contribution < -0.4 is 0 Å². The van der Waals surface area contributed by atoms with Crippen molar-refractivity contribution in [3.05, 3.63) is 0 Å². The Balaban J connectivity index is 2.29. The van der Waals surface area contributed by atoms with Crippen molar-refractivity contribution in [3.8, 4) is 0 Å². The summed E-state index contributed by atoms with van der Waals surface area (Å²) in [5.41, 5.74) is 0.683. The van der Waals surface area contributed by atoms with Gasteiger partial charge in [-0.1, -0.05) is 41.0 Å². The van der Waals surface area contributed by atoms with E-state index < -0.39 is 0 Å². The number of hydrogen-bond donors (Lipinski definition) is 0. The lowest BCUT2D eigenvalue weighted by Gasteiger charge is -2.23. The zero-order valence-corrected chi connectivity index (χ0v) is 11.5. The van der Waals surface area contributed by atoms with Crippen LogP contribution in [0.4, 0.5) is 0 Å². The highest BCUT2D eigenvalue weighted by Crippen LogP contribution is 2.46. The number of hydrogen-bond acceptors (Lipinski definition) is 0. The third-order valence-electron chi connectivity index (χ3n) is 4.40. The topological polar surface area (TPSA) is 0 Å². The summed E-state index contributed by atoms with van der Waals surface area (Å²) in [5, 5.41) is 0. The summed E-state index contributed by atoms with van der Waals surface area (Å²) in [4.78, 5) is 0. The van der Waals surface area contributed by atoms with Gasteiger partial charge in [-0.3, -0.25) is 0 Å². The van der Waals surface area contributed by atoms with Gasteiger partial charge in [0.15, 0.2) is 0 Å². The normalized spacial score (nSPS) is 33.6. The first kappa shape index (κ1) is 13.1. The first-order valence-corrected chi connectivity index (χ1v) is 6.95. The van der Waals surface area contributed by atoms with Crippen LogP contribution in [0.2, 0.25) is 0 Å². The van der Waals surface area contributed by atoms with Gasteiger partial charge >= 0.3 is 0 Å². The molecule has 90 valence electrons. The van der Waals surface area contributed by atoms with E-state index >= 15 is 0 Å². The van der Waals surface area contributed by atoms with Gasteiger partial charge in [0.2, 0.25) is 0 Å². The third kappa shape index (κ3) is 4.17. The van der Waals surface area contributed by atoms with Gasteiger partial charge in [-0.25, -0.2) is 0 Å². The van der Waals surface area contributed by atoms with E-state index in [1.807, 2.05) is 0 Å². The summed E-state index contributed by atoms with van der Waals surface area (Å²) in [6, 6.07) is 0. The minimum Gasteiger partial charge on any atom is -0.0649 e. The molecule has 3 atom stereocenters. The van der Waals surface area contributed by atoms with E-state index in [1.165, 1.54) is 38.5 Å². The van der Waals surface area contributed by atoms with Crippen LogP contribution in [0.15, 0.2) is 0 Å². The van der Waals surface area contributed by atoms with Crippen LogP contribution >= 0.6 is 0 Å². The van der Waals surface area contributed by atoms with Crippen molar-refractivity contribution in [1.82, 2.24) is 0 Å². The molecule has 1 aliphatic rings. The van der Waals surface area contributed by atoms with E-state index in [4.69, 9.17) is 0 Å². The molecule has 0 nitrogen and oxygen atoms in total. The zero-order valence-electron chi connectivity index (χ0n) is 11.5. The molecule has 15 heavy (non-hydrogen) atoms. The minimum absolute atomic E-state index is 0.683. The Bertz CT molecular complexity index is 182. The molecule has 0 aromatic carbocycles. The maximum atomic E-state index is 2.49. The predicted molar refractivity (Wildman–Crippen MR) is 69.0 cm³/mol. The summed E-state index contributed by atoms with van der Waals surface area (Å²) >= 11 is 0. The lowest BCUT2D eigenvalue weighted by Crippen LogP contribution is -2.11. The standard InChI is InChI=1S/C15H30/c1-6-15(5)8-7-14(11-15)10-13(4)9-12(2)3/h12-14H,6-11H2,1-5H3. The molecule has 0 N–H and O–H groups in total. The fraction of sp³-hybridized carbons (Fsp3) is 1.00. The third-order valence-corrected chi connectivity index (χ3v) is 4.40. The van der Waals surface area contributed by atoms with Gasteiger partial charge in [-0.2, -0.15) is 0 Å². The maximum absolute atomic E-state index is 2.49. The van der Waals surface area contributed by atoms with Crippen LogP contribution in [0.5, 0.6) is 0 Å². The fourth-order valence-corrected chi connectivity index (χ4v) is 3.45. The van der Waals surface area contributed by atoms with E-state index in [-0.39, 0.29) is 0 Å². The van der Waals surface area contributed by atoms with Gasteiger partial charge in [0.05, 0.1) is 0 Å². The molecule has 3 unspecified atom stereocenters. The molecule has 0 radical (unpaired) electrons. The summed E-state index contributed by atoms with van der Waals surface area (Å²) in [7, 11) is 0. The molecule has 0 saturated heterocycles. The Hall–Kier alpha value is 0. The lowest BCUT2D eigenvalue weighted by atomic mass is 9.83. The molecule has 0 spiro atoms. The lowest BCUT2D eigenvalue weighted by molar-refractivity contribution is 0.283. The van der Waals surface area contributed by atoms with Crippen molar-refractivity contribution in [2.45, 2.75) is 73.1 Å². The quantitative estimate of drug-likeness (QED) is 0.579. The second-order valence-corrected chi connectivity index (χ2v) is 6.74. The van der Waals surface area contributed by atoms with Crippen LogP contribution in [0.1, 0.15) is 73.1 Å². The zero-order chi connectivity index (χ0) is 11.5. The average Bonchev–Trinajstić information content (AvgIpc) is 2.47. The highest BCUT2D eigenvalue weighted by Gasteiger charge is 2.33. The molecule has 0 heterocycles. The summed E-state index contributed by atoms with van der Waals surface area (Å²) in [6.07, 6.45) is 8.73. The Morgan fingerprint density at radius 2 is 1.93 bits per heavy atom. The monoisotopic (exact) mass is 210 g/mol. The molecule has 0 aromatic heterocycles. The van der Waals surface area contributed by atoms with Crippen LogP contribution in [0.3, 0.4) is 0 Å². The SMILES string of the molecule is CCC1(C)CCC(CC(C)CC(C)C)C1. The molecular formula is C15H30. The molecule has 1 aliphatic carbocycles. The highest BCUT2D eigenvalue weighted by molar-refractivity contribution is 4.85. The molecule has 1 fully saturated rings. The maximum Gasteiger partial charge on any atom is -0.0326 e. The van der Waals surface area contributed by atoms with Gasteiger partial charge in [-0.15, -0.1) is 0 Å². The smallest absolute Gasteiger partial charge is 0.0326 e. The van der Waals surface area contributed by atoms with Gasteiger partial charge < -0.3 is 0 Å². The van der Waals surface area contributed by atoms with E-state index in [0.29, 0.717) is 5.41 Å². The van der Waals surface area contributed by atoms with Crippen molar-refractivity contribution >= 4 is 0 Å².